The van der Waals surface area contributed by atoms with Gasteiger partial charge in [0.05, 0.1) is 19.1 Å². The van der Waals surface area contributed by atoms with Crippen molar-refractivity contribution in [3.05, 3.63) is 23.7 Å². The minimum atomic E-state index is -0.535. The molecule has 0 radical (unpaired) electrons. The molecule has 2 rings (SSSR count). The second-order valence-electron chi connectivity index (χ2n) is 4.23. The van der Waals surface area contributed by atoms with Crippen molar-refractivity contribution >= 4 is 17.7 Å². The van der Waals surface area contributed by atoms with E-state index in [1.54, 1.807) is 17.9 Å². The van der Waals surface area contributed by atoms with E-state index in [1.807, 2.05) is 5.43 Å². The average molecular weight is 266 g/mol. The monoisotopic (exact) mass is 266 g/mol. The number of nitrogens with zero attached hydrogens (tertiary/aromatic N) is 1. The predicted octanol–water partition coefficient (Wildman–Crippen LogP) is -1.27. The van der Waals surface area contributed by atoms with Crippen LogP contribution in [0.2, 0.25) is 0 Å². The van der Waals surface area contributed by atoms with Crippen LogP contribution in [0.25, 0.3) is 0 Å². The largest absolute Gasteiger partial charge is 0.455 e. The van der Waals surface area contributed by atoms with Gasteiger partial charge in [-0.1, -0.05) is 0 Å². The fourth-order valence-corrected chi connectivity index (χ4v) is 1.82. The highest BCUT2D eigenvalue weighted by atomic mass is 16.4. The molecule has 8 nitrogen and oxygen atoms in total. The third-order valence-electron chi connectivity index (χ3n) is 2.91. The van der Waals surface area contributed by atoms with Crippen LogP contribution >= 0.6 is 0 Å². The minimum absolute atomic E-state index is 0.0814. The van der Waals surface area contributed by atoms with Crippen LogP contribution in [-0.2, 0) is 16.1 Å². The Morgan fingerprint density at radius 2 is 2.32 bits per heavy atom. The first-order valence-electron chi connectivity index (χ1n) is 5.68. The second-order valence-corrected chi connectivity index (χ2v) is 4.23. The van der Waals surface area contributed by atoms with E-state index in [9.17, 15) is 14.4 Å². The lowest BCUT2D eigenvalue weighted by atomic mass is 10.2. The summed E-state index contributed by atoms with van der Waals surface area (Å²) in [7, 11) is 0. The molecule has 19 heavy (non-hydrogen) atoms. The maximum Gasteiger partial charge on any atom is 0.300 e. The number of hydrogen-bond acceptors (Lipinski definition) is 6. The lowest BCUT2D eigenvalue weighted by molar-refractivity contribution is -0.139. The second kappa shape index (κ2) is 5.21. The molecule has 0 spiro atoms. The number of hydrazine groups is 1. The van der Waals surface area contributed by atoms with Gasteiger partial charge in [-0.05, 0) is 19.1 Å². The molecule has 0 bridgehead atoms. The van der Waals surface area contributed by atoms with Gasteiger partial charge in [0.1, 0.15) is 5.76 Å². The van der Waals surface area contributed by atoms with E-state index >= 15 is 0 Å². The smallest absolute Gasteiger partial charge is 0.300 e. The summed E-state index contributed by atoms with van der Waals surface area (Å²) in [6, 6.07) is 2.65. The summed E-state index contributed by atoms with van der Waals surface area (Å²) >= 11 is 0. The van der Waals surface area contributed by atoms with Crippen LogP contribution in [0.1, 0.15) is 23.2 Å². The highest BCUT2D eigenvalue weighted by molar-refractivity contribution is 6.00. The fourth-order valence-electron chi connectivity index (χ4n) is 1.82. The molecule has 1 aromatic heterocycles. The Kier molecular flexibility index (Phi) is 3.63. The summed E-state index contributed by atoms with van der Waals surface area (Å²) in [4.78, 5) is 35.7. The number of rotatable bonds is 3. The molecule has 4 N–H and O–H groups in total. The van der Waals surface area contributed by atoms with Crippen molar-refractivity contribution in [2.24, 2.45) is 5.84 Å². The lowest BCUT2D eigenvalue weighted by Crippen LogP contribution is -2.56. The first-order chi connectivity index (χ1) is 9.01. The molecule has 1 aromatic rings. The normalized spacial score (nSPS) is 20.2. The SMILES string of the molecule is CC1C(=O)NC(=O)CN1Cc1ccc(C(=O)NN)o1. The quantitative estimate of drug-likeness (QED) is 0.272. The number of nitrogens with one attached hydrogen (secondary N) is 2. The topological polar surface area (TPSA) is 118 Å². The molecule has 0 aliphatic carbocycles. The van der Waals surface area contributed by atoms with E-state index in [0.717, 1.165) is 0 Å². The Morgan fingerprint density at radius 1 is 1.58 bits per heavy atom. The summed E-state index contributed by atoms with van der Waals surface area (Å²) in [5, 5.41) is 2.25. The van der Waals surface area contributed by atoms with Crippen molar-refractivity contribution in [2.45, 2.75) is 19.5 Å². The number of piperazine rings is 1. The highest BCUT2D eigenvalue weighted by Crippen LogP contribution is 2.14. The highest BCUT2D eigenvalue weighted by Gasteiger charge is 2.30. The first-order valence-corrected chi connectivity index (χ1v) is 5.68. The number of amides is 3. The molecular formula is C11H14N4O4. The summed E-state index contributed by atoms with van der Waals surface area (Å²) in [5.74, 6) is 4.32. The molecule has 0 saturated carbocycles. The van der Waals surface area contributed by atoms with E-state index < -0.39 is 11.9 Å². The molecular weight excluding hydrogens is 252 g/mol. The number of carbonyl (C=O) groups is 3. The molecule has 1 aliphatic rings. The minimum Gasteiger partial charge on any atom is -0.455 e. The summed E-state index contributed by atoms with van der Waals surface area (Å²) < 4.78 is 5.28. The number of carbonyl (C=O) groups excluding carboxylic acids is 3. The summed E-state index contributed by atoms with van der Waals surface area (Å²) in [6.45, 7) is 2.06. The van der Waals surface area contributed by atoms with Gasteiger partial charge in [0.2, 0.25) is 11.8 Å². The molecule has 1 unspecified atom stereocenters. The summed E-state index contributed by atoms with van der Waals surface area (Å²) in [5.41, 5.74) is 1.96. The van der Waals surface area contributed by atoms with Crippen LogP contribution < -0.4 is 16.6 Å². The number of nitrogens with two attached hydrogens (primary N) is 1. The fraction of sp³-hybridized carbons (Fsp3) is 0.364. The van der Waals surface area contributed by atoms with Gasteiger partial charge in [0.15, 0.2) is 5.76 Å². The van der Waals surface area contributed by atoms with Gasteiger partial charge in [-0.25, -0.2) is 5.84 Å². The maximum absolute atomic E-state index is 11.5. The average Bonchev–Trinajstić information content (AvgIpc) is 2.83. The molecule has 1 saturated heterocycles. The van der Waals surface area contributed by atoms with Crippen LogP contribution in [0.4, 0.5) is 0 Å². The van der Waals surface area contributed by atoms with Crippen molar-refractivity contribution in [1.29, 1.82) is 0 Å². The van der Waals surface area contributed by atoms with Crippen LogP contribution in [-0.4, -0.2) is 35.2 Å². The van der Waals surface area contributed by atoms with Crippen molar-refractivity contribution in [2.75, 3.05) is 6.54 Å². The van der Waals surface area contributed by atoms with Crippen molar-refractivity contribution in [1.82, 2.24) is 15.6 Å². The standard InChI is InChI=1S/C11H14N4O4/c1-6-10(17)13-9(16)5-15(6)4-7-2-3-8(19-7)11(18)14-12/h2-3,6H,4-5,12H2,1H3,(H,14,18)(H,13,16,17). The van der Waals surface area contributed by atoms with E-state index in [0.29, 0.717) is 5.76 Å². The van der Waals surface area contributed by atoms with E-state index in [2.05, 4.69) is 5.32 Å². The van der Waals surface area contributed by atoms with E-state index in [1.165, 1.54) is 6.07 Å². The molecule has 1 fully saturated rings. The predicted molar refractivity (Wildman–Crippen MR) is 63.4 cm³/mol. The van der Waals surface area contributed by atoms with Crippen LogP contribution in [0, 0.1) is 0 Å². The van der Waals surface area contributed by atoms with Crippen LogP contribution in [0.3, 0.4) is 0 Å². The third-order valence-corrected chi connectivity index (χ3v) is 2.91. The van der Waals surface area contributed by atoms with E-state index in [-0.39, 0.29) is 30.7 Å². The molecule has 3 amide bonds. The van der Waals surface area contributed by atoms with Crippen molar-refractivity contribution in [3.63, 3.8) is 0 Å². The maximum atomic E-state index is 11.5. The third kappa shape index (κ3) is 2.80. The first kappa shape index (κ1) is 13.2. The molecule has 8 heteroatoms. The Labute approximate surface area is 108 Å². The molecule has 1 atom stereocenters. The zero-order chi connectivity index (χ0) is 14.0. The Hall–Kier alpha value is -2.19. The Bertz CT molecular complexity index is 525. The van der Waals surface area contributed by atoms with Gasteiger partial charge >= 0.3 is 5.91 Å². The number of imide groups is 1. The van der Waals surface area contributed by atoms with Gasteiger partial charge in [0, 0.05) is 0 Å². The lowest BCUT2D eigenvalue weighted by Gasteiger charge is -2.30. The zero-order valence-corrected chi connectivity index (χ0v) is 10.3. The van der Waals surface area contributed by atoms with E-state index in [4.69, 9.17) is 10.3 Å². The molecule has 2 heterocycles. The molecule has 0 aromatic carbocycles. The van der Waals surface area contributed by atoms with Gasteiger partial charge in [-0.3, -0.25) is 30.0 Å². The Balaban J connectivity index is 2.08. The van der Waals surface area contributed by atoms with Gasteiger partial charge < -0.3 is 4.42 Å². The molecule has 102 valence electrons. The van der Waals surface area contributed by atoms with Gasteiger partial charge in [-0.2, -0.15) is 0 Å². The Morgan fingerprint density at radius 3 is 3.00 bits per heavy atom. The van der Waals surface area contributed by atoms with Crippen LogP contribution in [0.5, 0.6) is 0 Å². The van der Waals surface area contributed by atoms with Gasteiger partial charge in [-0.15, -0.1) is 0 Å². The summed E-state index contributed by atoms with van der Waals surface area (Å²) in [6.07, 6.45) is 0. The number of nitrogen functional groups attached to an aromatic ring is 1. The van der Waals surface area contributed by atoms with Crippen LogP contribution in [0.15, 0.2) is 16.5 Å². The van der Waals surface area contributed by atoms with Crippen molar-refractivity contribution < 1.29 is 18.8 Å². The van der Waals surface area contributed by atoms with Gasteiger partial charge in [0.25, 0.3) is 0 Å². The molecule has 1 aliphatic heterocycles. The number of hydrogen-bond donors (Lipinski definition) is 3. The zero-order valence-electron chi connectivity index (χ0n) is 10.3. The number of furan rings is 1. The van der Waals surface area contributed by atoms with Crippen molar-refractivity contribution in [3.8, 4) is 0 Å².